The normalized spacial score (nSPS) is 45.2. The molecular weight excluding hydrogens is 403 g/mol. The van der Waals surface area contributed by atoms with Crippen LogP contribution in [0.15, 0.2) is 18.2 Å². The zero-order valence-corrected chi connectivity index (χ0v) is 15.9. The van der Waals surface area contributed by atoms with Gasteiger partial charge in [-0.2, -0.15) is 0 Å². The van der Waals surface area contributed by atoms with Crippen LogP contribution in [0.3, 0.4) is 0 Å². The first-order valence-electron chi connectivity index (χ1n) is 8.62. The van der Waals surface area contributed by atoms with Gasteiger partial charge in [-0.25, -0.2) is 0 Å². The van der Waals surface area contributed by atoms with E-state index < -0.39 is 0 Å². The fourth-order valence-electron chi connectivity index (χ4n) is 5.79. The van der Waals surface area contributed by atoms with Crippen LogP contribution < -0.4 is 0 Å². The van der Waals surface area contributed by atoms with E-state index in [1.54, 1.807) is 0 Å². The van der Waals surface area contributed by atoms with E-state index in [4.69, 9.17) is 4.74 Å². The van der Waals surface area contributed by atoms with Crippen molar-refractivity contribution in [2.75, 3.05) is 7.11 Å². The maximum absolute atomic E-state index is 10.8. The van der Waals surface area contributed by atoms with Gasteiger partial charge in [0, 0.05) is 22.4 Å². The van der Waals surface area contributed by atoms with Crippen LogP contribution in [0.1, 0.15) is 43.2 Å². The highest BCUT2D eigenvalue weighted by atomic mass is 127. The number of phenolic OH excluding ortho intramolecular Hbond substituents is 1. The maximum atomic E-state index is 10.8. The Morgan fingerprint density at radius 2 is 2.13 bits per heavy atom. The third-order valence-corrected chi connectivity index (χ3v) is 8.09. The summed E-state index contributed by atoms with van der Waals surface area (Å²) in [5.74, 6) is 1.90. The van der Waals surface area contributed by atoms with E-state index in [1.165, 1.54) is 11.1 Å². The summed E-state index contributed by atoms with van der Waals surface area (Å²) in [6.07, 6.45) is 4.13. The van der Waals surface area contributed by atoms with Crippen LogP contribution in [0.25, 0.3) is 0 Å². The predicted molar refractivity (Wildman–Crippen MR) is 98.1 cm³/mol. The Bertz CT molecular complexity index is 619. The Morgan fingerprint density at radius 1 is 1.35 bits per heavy atom. The first kappa shape index (κ1) is 16.2. The molecule has 23 heavy (non-hydrogen) atoms. The standard InChI is InChI=1S/C19H25IO3/c1-19-9-16(23-2)17-12-6-4-11(21)7-10(12)3-5-13(17)14(19)8-15(20)18(19)22/h4,6-7,13-18,21-22H,3,5,8-9H2,1-2H3. The number of fused-ring (bicyclic) bond motifs is 5. The van der Waals surface area contributed by atoms with Gasteiger partial charge in [-0.3, -0.25) is 0 Å². The van der Waals surface area contributed by atoms with Gasteiger partial charge in [0.1, 0.15) is 5.75 Å². The molecule has 4 heteroatoms. The summed E-state index contributed by atoms with van der Waals surface area (Å²) in [6.45, 7) is 2.27. The molecule has 3 aliphatic rings. The van der Waals surface area contributed by atoms with Crippen molar-refractivity contribution in [3.63, 3.8) is 0 Å². The number of hydrogen-bond acceptors (Lipinski definition) is 3. The quantitative estimate of drug-likeness (QED) is 0.531. The summed E-state index contributed by atoms with van der Waals surface area (Å²) in [6, 6.07) is 5.84. The first-order valence-corrected chi connectivity index (χ1v) is 9.87. The number of methoxy groups -OCH3 is 1. The van der Waals surface area contributed by atoms with E-state index in [9.17, 15) is 10.2 Å². The molecule has 2 N–H and O–H groups in total. The number of aliphatic hydroxyl groups excluding tert-OH is 1. The first-order chi connectivity index (χ1) is 11.0. The molecular formula is C19H25IO3. The summed E-state index contributed by atoms with van der Waals surface area (Å²) in [5, 5.41) is 20.6. The van der Waals surface area contributed by atoms with Crippen molar-refractivity contribution in [1.82, 2.24) is 0 Å². The fourth-order valence-corrected chi connectivity index (χ4v) is 7.16. The van der Waals surface area contributed by atoms with Gasteiger partial charge in [-0.05, 0) is 60.8 Å². The van der Waals surface area contributed by atoms with E-state index in [0.29, 0.717) is 27.4 Å². The highest BCUT2D eigenvalue weighted by Gasteiger charge is 2.60. The summed E-state index contributed by atoms with van der Waals surface area (Å²) in [4.78, 5) is 0. The molecule has 0 amide bonds. The molecule has 0 aliphatic heterocycles. The molecule has 3 nitrogen and oxygen atoms in total. The number of ether oxygens (including phenoxy) is 1. The largest absolute Gasteiger partial charge is 0.508 e. The van der Waals surface area contributed by atoms with Crippen molar-refractivity contribution >= 4 is 22.6 Å². The minimum absolute atomic E-state index is 0.0257. The Balaban J connectivity index is 1.78. The van der Waals surface area contributed by atoms with Gasteiger partial charge >= 0.3 is 0 Å². The Morgan fingerprint density at radius 3 is 2.87 bits per heavy atom. The third-order valence-electron chi connectivity index (χ3n) is 6.90. The molecule has 0 heterocycles. The van der Waals surface area contributed by atoms with E-state index in [1.807, 2.05) is 19.2 Å². The number of rotatable bonds is 1. The van der Waals surface area contributed by atoms with Crippen molar-refractivity contribution in [3.8, 4) is 5.75 Å². The Kier molecular flexibility index (Phi) is 3.93. The number of halogens is 1. The van der Waals surface area contributed by atoms with Gasteiger partial charge in [-0.1, -0.05) is 35.6 Å². The molecule has 7 atom stereocenters. The lowest BCUT2D eigenvalue weighted by Gasteiger charge is -2.53. The van der Waals surface area contributed by atoms with Gasteiger partial charge in [-0.15, -0.1) is 0 Å². The van der Waals surface area contributed by atoms with Crippen molar-refractivity contribution < 1.29 is 14.9 Å². The minimum Gasteiger partial charge on any atom is -0.508 e. The minimum atomic E-state index is -0.229. The zero-order valence-electron chi connectivity index (χ0n) is 13.7. The van der Waals surface area contributed by atoms with Gasteiger partial charge in [0.05, 0.1) is 12.2 Å². The topological polar surface area (TPSA) is 49.7 Å². The van der Waals surface area contributed by atoms with Crippen molar-refractivity contribution in [2.45, 2.75) is 54.7 Å². The molecule has 7 unspecified atom stereocenters. The number of benzene rings is 1. The van der Waals surface area contributed by atoms with Crippen LogP contribution in [0, 0.1) is 17.3 Å². The molecule has 0 aromatic heterocycles. The molecule has 126 valence electrons. The van der Waals surface area contributed by atoms with E-state index in [-0.39, 0.29) is 17.6 Å². The second-order valence-electron chi connectivity index (χ2n) is 7.90. The Hall–Kier alpha value is -0.330. The molecule has 1 aromatic carbocycles. The SMILES string of the molecule is COC1CC2(C)C(O)C(I)CC2C2CCc3cc(O)ccc3C12. The highest BCUT2D eigenvalue weighted by Crippen LogP contribution is 2.62. The van der Waals surface area contributed by atoms with Crippen LogP contribution in [0.2, 0.25) is 0 Å². The molecule has 0 spiro atoms. The van der Waals surface area contributed by atoms with Gasteiger partial charge in [0.15, 0.2) is 0 Å². The fraction of sp³-hybridized carbons (Fsp3) is 0.684. The molecule has 0 saturated heterocycles. The molecule has 2 saturated carbocycles. The van der Waals surface area contributed by atoms with Crippen molar-refractivity contribution in [1.29, 1.82) is 0 Å². The smallest absolute Gasteiger partial charge is 0.115 e. The lowest BCUT2D eigenvalue weighted by atomic mass is 9.54. The van der Waals surface area contributed by atoms with Gasteiger partial charge in [0.2, 0.25) is 0 Å². The van der Waals surface area contributed by atoms with Crippen LogP contribution in [0.5, 0.6) is 5.75 Å². The van der Waals surface area contributed by atoms with Crippen LogP contribution >= 0.6 is 22.6 Å². The lowest BCUT2D eigenvalue weighted by molar-refractivity contribution is -0.0922. The summed E-state index contributed by atoms with van der Waals surface area (Å²) < 4.78 is 6.28. The van der Waals surface area contributed by atoms with Gasteiger partial charge in [0.25, 0.3) is 0 Å². The number of hydrogen-bond donors (Lipinski definition) is 2. The van der Waals surface area contributed by atoms with Crippen molar-refractivity contribution in [2.24, 2.45) is 17.3 Å². The number of aliphatic hydroxyl groups is 1. The summed E-state index contributed by atoms with van der Waals surface area (Å²) in [7, 11) is 1.81. The molecule has 0 radical (unpaired) electrons. The molecule has 1 aromatic rings. The van der Waals surface area contributed by atoms with Crippen molar-refractivity contribution in [3.05, 3.63) is 29.3 Å². The highest BCUT2D eigenvalue weighted by molar-refractivity contribution is 14.1. The summed E-state index contributed by atoms with van der Waals surface area (Å²) in [5.41, 5.74) is 2.61. The number of aryl methyl sites for hydroxylation is 1. The average Bonchev–Trinajstić information content (AvgIpc) is 2.77. The predicted octanol–water partition coefficient (Wildman–Crippen LogP) is 3.65. The second kappa shape index (κ2) is 5.60. The molecule has 0 bridgehead atoms. The van der Waals surface area contributed by atoms with Gasteiger partial charge < -0.3 is 14.9 Å². The van der Waals surface area contributed by atoms with Crippen LogP contribution in [0.4, 0.5) is 0 Å². The monoisotopic (exact) mass is 428 g/mol. The molecule has 2 fully saturated rings. The maximum Gasteiger partial charge on any atom is 0.115 e. The van der Waals surface area contributed by atoms with Crippen LogP contribution in [-0.2, 0) is 11.2 Å². The lowest BCUT2D eigenvalue weighted by Crippen LogP contribution is -2.50. The molecule has 4 rings (SSSR count). The second-order valence-corrected chi connectivity index (χ2v) is 9.50. The van der Waals surface area contributed by atoms with E-state index in [2.05, 4.69) is 35.6 Å². The Labute approximate surface area is 151 Å². The molecule has 3 aliphatic carbocycles. The number of aromatic hydroxyl groups is 1. The number of alkyl halides is 1. The van der Waals surface area contributed by atoms with Crippen LogP contribution in [-0.4, -0.2) is 33.5 Å². The van der Waals surface area contributed by atoms with E-state index >= 15 is 0 Å². The third kappa shape index (κ3) is 2.28. The number of phenols is 1. The van der Waals surface area contributed by atoms with E-state index in [0.717, 1.165) is 25.7 Å². The zero-order chi connectivity index (χ0) is 16.4. The summed E-state index contributed by atoms with van der Waals surface area (Å²) >= 11 is 2.44. The average molecular weight is 428 g/mol.